The Kier molecular flexibility index (Phi) is 6.76. The van der Waals surface area contributed by atoms with Gasteiger partial charge in [0.05, 0.1) is 25.5 Å². The number of benzene rings is 2. The van der Waals surface area contributed by atoms with E-state index in [9.17, 15) is 4.57 Å². The Morgan fingerprint density at radius 2 is 1.13 bits per heavy atom. The Balaban J connectivity index is 1.20. The summed E-state index contributed by atoms with van der Waals surface area (Å²) in [5, 5.41) is 16.2. The predicted octanol–water partition coefficient (Wildman–Crippen LogP) is 3.09. The van der Waals surface area contributed by atoms with Crippen molar-refractivity contribution in [2.75, 3.05) is 0 Å². The second-order valence-electron chi connectivity index (χ2n) is 6.61. The fraction of sp³-hybridized carbons (Fsp3) is 0.200. The van der Waals surface area contributed by atoms with Gasteiger partial charge in [0, 0.05) is 0 Å². The van der Waals surface area contributed by atoms with Crippen LogP contribution in [0.25, 0.3) is 0 Å². The van der Waals surface area contributed by atoms with E-state index >= 15 is 0 Å². The highest BCUT2D eigenvalue weighted by Crippen LogP contribution is 2.26. The Labute approximate surface area is 174 Å². The monoisotopic (exact) mass is 424 g/mol. The van der Waals surface area contributed by atoms with Crippen LogP contribution in [0.2, 0.25) is 0 Å². The minimum Gasteiger partial charge on any atom is -0.304 e. The molecule has 0 spiro atoms. The van der Waals surface area contributed by atoms with Gasteiger partial charge in [-0.1, -0.05) is 71.1 Å². The summed E-state index contributed by atoms with van der Waals surface area (Å²) in [6.45, 7) is 1.34. The molecule has 0 radical (unpaired) electrons. The second-order valence-corrected chi connectivity index (χ2v) is 7.69. The van der Waals surface area contributed by atoms with E-state index in [1.165, 1.54) is 0 Å². The molecule has 0 amide bonds. The molecule has 154 valence electrons. The normalized spacial score (nSPS) is 11.2. The molecule has 0 N–H and O–H groups in total. The minimum atomic E-state index is -2.69. The molecule has 2 aromatic carbocycles. The van der Waals surface area contributed by atoms with Gasteiger partial charge < -0.3 is 9.05 Å². The van der Waals surface area contributed by atoms with Gasteiger partial charge in [0.25, 0.3) is 0 Å². The summed E-state index contributed by atoms with van der Waals surface area (Å²) in [7, 11) is -2.69. The van der Waals surface area contributed by atoms with Crippen molar-refractivity contribution < 1.29 is 13.6 Å². The third-order valence-corrected chi connectivity index (χ3v) is 4.98. The molecule has 0 aliphatic rings. The van der Waals surface area contributed by atoms with Crippen LogP contribution in [0.3, 0.4) is 0 Å². The highest BCUT2D eigenvalue weighted by molar-refractivity contribution is 7.33. The van der Waals surface area contributed by atoms with Crippen molar-refractivity contribution in [2.45, 2.75) is 26.3 Å². The van der Waals surface area contributed by atoms with Gasteiger partial charge >= 0.3 is 8.25 Å². The Morgan fingerprint density at radius 1 is 0.700 bits per heavy atom. The van der Waals surface area contributed by atoms with Gasteiger partial charge in [0.1, 0.15) is 24.6 Å². The average Bonchev–Trinajstić information content (AvgIpc) is 3.41. The summed E-state index contributed by atoms with van der Waals surface area (Å²) >= 11 is 0. The number of rotatable bonds is 10. The highest BCUT2D eigenvalue weighted by Gasteiger charge is 2.08. The van der Waals surface area contributed by atoms with E-state index in [0.29, 0.717) is 24.5 Å². The molecule has 9 nitrogen and oxygen atoms in total. The van der Waals surface area contributed by atoms with Crippen LogP contribution in [-0.4, -0.2) is 30.0 Å². The first kappa shape index (κ1) is 20.2. The summed E-state index contributed by atoms with van der Waals surface area (Å²) in [6.07, 6.45) is 3.52. The first-order valence-electron chi connectivity index (χ1n) is 9.40. The lowest BCUT2D eigenvalue weighted by atomic mass is 10.2. The standard InChI is InChI=1S/C20H21N6O3P/c27-30(28-15-19-13-25(23-21-19)11-17-7-3-1-4-8-17)29-16-20-14-26(24-22-20)12-18-9-5-2-6-10-18/h1-10,13-14,30H,11-12,15-16H2. The molecular weight excluding hydrogens is 403 g/mol. The van der Waals surface area contributed by atoms with E-state index < -0.39 is 8.25 Å². The third kappa shape index (κ3) is 5.93. The van der Waals surface area contributed by atoms with Gasteiger partial charge in [0.2, 0.25) is 0 Å². The zero-order chi connectivity index (χ0) is 20.6. The molecule has 2 heterocycles. The lowest BCUT2D eigenvalue weighted by molar-refractivity contribution is 0.209. The Hall–Kier alpha value is -3.13. The maximum Gasteiger partial charge on any atom is 0.319 e. The first-order valence-corrected chi connectivity index (χ1v) is 10.6. The summed E-state index contributed by atoms with van der Waals surface area (Å²) < 4.78 is 26.0. The van der Waals surface area contributed by atoms with E-state index in [1.807, 2.05) is 60.7 Å². The van der Waals surface area contributed by atoms with Crippen LogP contribution in [0.5, 0.6) is 0 Å². The van der Waals surface area contributed by atoms with Crippen LogP contribution in [0.15, 0.2) is 73.1 Å². The SMILES string of the molecule is O=[PH](OCc1cn(Cc2ccccc2)nn1)OCc1cn(Cc2ccccc2)nn1. The molecule has 0 aliphatic carbocycles. The predicted molar refractivity (Wildman–Crippen MR) is 110 cm³/mol. The van der Waals surface area contributed by atoms with Crippen molar-refractivity contribution >= 4 is 8.25 Å². The molecule has 0 saturated carbocycles. The molecule has 0 aliphatic heterocycles. The molecule has 0 saturated heterocycles. The van der Waals surface area contributed by atoms with Crippen LogP contribution in [0.4, 0.5) is 0 Å². The van der Waals surface area contributed by atoms with Gasteiger partial charge in [-0.05, 0) is 11.1 Å². The van der Waals surface area contributed by atoms with Gasteiger partial charge in [-0.15, -0.1) is 10.2 Å². The van der Waals surface area contributed by atoms with E-state index in [2.05, 4.69) is 20.6 Å². The number of nitrogens with zero attached hydrogens (tertiary/aromatic N) is 6. The molecular formula is C20H21N6O3P. The Bertz CT molecular complexity index is 998. The van der Waals surface area contributed by atoms with Crippen molar-refractivity contribution in [3.63, 3.8) is 0 Å². The smallest absolute Gasteiger partial charge is 0.304 e. The number of aromatic nitrogens is 6. The highest BCUT2D eigenvalue weighted by atomic mass is 31.1. The number of hydrogen-bond acceptors (Lipinski definition) is 7. The fourth-order valence-electron chi connectivity index (χ4n) is 2.81. The number of hydrogen-bond donors (Lipinski definition) is 0. The maximum atomic E-state index is 12.0. The van der Waals surface area contributed by atoms with E-state index in [0.717, 1.165) is 11.1 Å². The van der Waals surface area contributed by atoms with Crippen molar-refractivity contribution in [2.24, 2.45) is 0 Å². The zero-order valence-corrected chi connectivity index (χ0v) is 17.2. The molecule has 0 fully saturated rings. The molecule has 4 rings (SSSR count). The average molecular weight is 424 g/mol. The third-order valence-electron chi connectivity index (χ3n) is 4.22. The zero-order valence-electron chi connectivity index (χ0n) is 16.2. The molecule has 10 heteroatoms. The van der Waals surface area contributed by atoms with Crippen molar-refractivity contribution in [3.05, 3.63) is 95.6 Å². The summed E-state index contributed by atoms with van der Waals surface area (Å²) in [4.78, 5) is 0. The summed E-state index contributed by atoms with van der Waals surface area (Å²) in [5.41, 5.74) is 3.41. The van der Waals surface area contributed by atoms with Crippen LogP contribution in [0.1, 0.15) is 22.5 Å². The minimum absolute atomic E-state index is 0.0628. The molecule has 30 heavy (non-hydrogen) atoms. The molecule has 0 unspecified atom stereocenters. The largest absolute Gasteiger partial charge is 0.319 e. The van der Waals surface area contributed by atoms with E-state index in [4.69, 9.17) is 9.05 Å². The van der Waals surface area contributed by atoms with Crippen LogP contribution in [-0.2, 0) is 39.9 Å². The van der Waals surface area contributed by atoms with E-state index in [1.54, 1.807) is 21.8 Å². The van der Waals surface area contributed by atoms with Crippen molar-refractivity contribution in [1.82, 2.24) is 30.0 Å². The van der Waals surface area contributed by atoms with Gasteiger partial charge in [-0.3, -0.25) is 4.57 Å². The van der Waals surface area contributed by atoms with E-state index in [-0.39, 0.29) is 13.2 Å². The first-order chi connectivity index (χ1) is 14.7. The lowest BCUT2D eigenvalue weighted by Gasteiger charge is -2.02. The van der Waals surface area contributed by atoms with Crippen LogP contribution in [0, 0.1) is 0 Å². The fourth-order valence-corrected chi connectivity index (χ4v) is 3.43. The van der Waals surface area contributed by atoms with Crippen LogP contribution >= 0.6 is 8.25 Å². The van der Waals surface area contributed by atoms with Crippen molar-refractivity contribution in [1.29, 1.82) is 0 Å². The summed E-state index contributed by atoms with van der Waals surface area (Å²) in [6, 6.07) is 19.9. The maximum absolute atomic E-state index is 12.0. The van der Waals surface area contributed by atoms with Gasteiger partial charge in [-0.2, -0.15) is 0 Å². The topological polar surface area (TPSA) is 97.0 Å². The molecule has 0 bridgehead atoms. The lowest BCUT2D eigenvalue weighted by Crippen LogP contribution is -1.99. The van der Waals surface area contributed by atoms with Crippen molar-refractivity contribution in [3.8, 4) is 0 Å². The second kappa shape index (κ2) is 10.1. The van der Waals surface area contributed by atoms with Gasteiger partial charge in [0.15, 0.2) is 0 Å². The molecule has 4 aromatic rings. The van der Waals surface area contributed by atoms with Gasteiger partial charge in [-0.25, -0.2) is 9.36 Å². The quantitative estimate of drug-likeness (QED) is 0.361. The molecule has 0 atom stereocenters. The Morgan fingerprint density at radius 3 is 1.57 bits per heavy atom. The molecule has 2 aromatic heterocycles. The summed E-state index contributed by atoms with van der Waals surface area (Å²) in [5.74, 6) is 0. The van der Waals surface area contributed by atoms with Crippen LogP contribution < -0.4 is 0 Å².